The summed E-state index contributed by atoms with van der Waals surface area (Å²) in [6.45, 7) is 8.20. The van der Waals surface area contributed by atoms with Gasteiger partial charge < -0.3 is 10.1 Å². The van der Waals surface area contributed by atoms with Gasteiger partial charge in [0.25, 0.3) is 5.91 Å². The Hall–Kier alpha value is -2.45. The fourth-order valence-electron chi connectivity index (χ4n) is 3.77. The highest BCUT2D eigenvalue weighted by atomic mass is 19.4. The number of nitrogens with zero attached hydrogens (tertiary/aromatic N) is 2. The maximum atomic E-state index is 12.8. The number of hydrogen-bond acceptors (Lipinski definition) is 4. The van der Waals surface area contributed by atoms with Gasteiger partial charge in [0.2, 0.25) is 0 Å². The molecular formula is C22H26F3N3O2. The first-order valence-electron chi connectivity index (χ1n) is 9.91. The molecule has 1 aliphatic rings. The van der Waals surface area contributed by atoms with E-state index in [1.165, 1.54) is 13.0 Å². The van der Waals surface area contributed by atoms with Crippen molar-refractivity contribution >= 4 is 5.91 Å². The van der Waals surface area contributed by atoms with Crippen LogP contribution in [0.25, 0.3) is 0 Å². The molecule has 0 saturated carbocycles. The normalized spacial score (nSPS) is 20.2. The number of amides is 1. The first-order valence-corrected chi connectivity index (χ1v) is 9.91. The van der Waals surface area contributed by atoms with E-state index in [2.05, 4.69) is 29.0 Å². The average Bonchev–Trinajstić information content (AvgIpc) is 2.65. The van der Waals surface area contributed by atoms with Gasteiger partial charge in [0, 0.05) is 26.2 Å². The molecule has 1 saturated heterocycles. The summed E-state index contributed by atoms with van der Waals surface area (Å²) in [5.74, 6) is -0.447. The number of carbonyl (C=O) groups excluding carboxylic acids is 1. The third-order valence-corrected chi connectivity index (χ3v) is 5.07. The van der Waals surface area contributed by atoms with Gasteiger partial charge >= 0.3 is 6.18 Å². The summed E-state index contributed by atoms with van der Waals surface area (Å²) in [6, 6.07) is 9.83. The number of carbonyl (C=O) groups is 1. The number of benzene rings is 1. The molecule has 30 heavy (non-hydrogen) atoms. The number of pyridine rings is 1. The average molecular weight is 421 g/mol. The third kappa shape index (κ3) is 5.58. The molecule has 162 valence electrons. The van der Waals surface area contributed by atoms with Crippen LogP contribution in [0.1, 0.15) is 46.7 Å². The van der Waals surface area contributed by atoms with Crippen LogP contribution in [0.5, 0.6) is 0 Å². The SMILES string of the molecule is Cc1nc(C(F)(F)F)ccc1C(=O)NCc1ccccc1CN1CC(C)OC(C)C1. The summed E-state index contributed by atoms with van der Waals surface area (Å²) in [5, 5.41) is 2.81. The summed E-state index contributed by atoms with van der Waals surface area (Å²) in [6.07, 6.45) is -4.21. The number of aromatic nitrogens is 1. The zero-order valence-electron chi connectivity index (χ0n) is 17.3. The number of ether oxygens (including phenoxy) is 1. The lowest BCUT2D eigenvalue weighted by Gasteiger charge is -2.35. The Kier molecular flexibility index (Phi) is 6.77. The van der Waals surface area contributed by atoms with Crippen molar-refractivity contribution in [2.45, 2.75) is 52.2 Å². The van der Waals surface area contributed by atoms with Crippen LogP contribution in [-0.4, -0.2) is 41.1 Å². The van der Waals surface area contributed by atoms with Crippen molar-refractivity contribution < 1.29 is 22.7 Å². The van der Waals surface area contributed by atoms with Crippen molar-refractivity contribution in [3.8, 4) is 0 Å². The molecule has 1 fully saturated rings. The van der Waals surface area contributed by atoms with Crippen LogP contribution < -0.4 is 5.32 Å². The number of aryl methyl sites for hydroxylation is 1. The van der Waals surface area contributed by atoms with Gasteiger partial charge in [-0.05, 0) is 44.0 Å². The van der Waals surface area contributed by atoms with E-state index < -0.39 is 17.8 Å². The second-order valence-corrected chi connectivity index (χ2v) is 7.73. The molecule has 2 aromatic rings. The van der Waals surface area contributed by atoms with Crippen molar-refractivity contribution in [2.24, 2.45) is 0 Å². The molecule has 0 bridgehead atoms. The Morgan fingerprint density at radius 2 is 1.77 bits per heavy atom. The smallest absolute Gasteiger partial charge is 0.373 e. The van der Waals surface area contributed by atoms with Crippen molar-refractivity contribution in [1.82, 2.24) is 15.2 Å². The van der Waals surface area contributed by atoms with E-state index in [4.69, 9.17) is 4.74 Å². The lowest BCUT2D eigenvalue weighted by Crippen LogP contribution is -2.45. The van der Waals surface area contributed by atoms with Gasteiger partial charge in [-0.15, -0.1) is 0 Å². The number of nitrogens with one attached hydrogen (secondary N) is 1. The van der Waals surface area contributed by atoms with Gasteiger partial charge in [-0.25, -0.2) is 4.98 Å². The second kappa shape index (κ2) is 9.14. The number of hydrogen-bond donors (Lipinski definition) is 1. The quantitative estimate of drug-likeness (QED) is 0.795. The lowest BCUT2D eigenvalue weighted by atomic mass is 10.1. The van der Waals surface area contributed by atoms with E-state index in [0.29, 0.717) is 0 Å². The van der Waals surface area contributed by atoms with Gasteiger partial charge in [0.15, 0.2) is 0 Å². The van der Waals surface area contributed by atoms with E-state index >= 15 is 0 Å². The Morgan fingerprint density at radius 3 is 2.37 bits per heavy atom. The van der Waals surface area contributed by atoms with Crippen molar-refractivity contribution in [3.05, 3.63) is 64.5 Å². The minimum absolute atomic E-state index is 0.0481. The van der Waals surface area contributed by atoms with Crippen LogP contribution in [0, 0.1) is 6.92 Å². The van der Waals surface area contributed by atoms with Gasteiger partial charge in [0.05, 0.1) is 23.5 Å². The number of rotatable bonds is 5. The first-order chi connectivity index (χ1) is 14.1. The molecule has 1 aromatic carbocycles. The van der Waals surface area contributed by atoms with E-state index in [1.807, 2.05) is 24.3 Å². The van der Waals surface area contributed by atoms with Crippen LogP contribution in [0.15, 0.2) is 36.4 Å². The molecule has 1 N–H and O–H groups in total. The zero-order chi connectivity index (χ0) is 21.9. The molecule has 1 aliphatic heterocycles. The number of alkyl halides is 3. The highest BCUT2D eigenvalue weighted by Gasteiger charge is 2.33. The predicted octanol–water partition coefficient (Wildman–Crippen LogP) is 3.95. The predicted molar refractivity (Wildman–Crippen MR) is 107 cm³/mol. The van der Waals surface area contributed by atoms with Crippen LogP contribution in [0.2, 0.25) is 0 Å². The molecule has 0 aliphatic carbocycles. The van der Waals surface area contributed by atoms with E-state index in [0.717, 1.165) is 36.8 Å². The van der Waals surface area contributed by atoms with Crippen LogP contribution in [0.3, 0.4) is 0 Å². The minimum atomic E-state index is -4.53. The summed E-state index contributed by atoms with van der Waals surface area (Å²) in [4.78, 5) is 18.4. The van der Waals surface area contributed by atoms with Crippen LogP contribution >= 0.6 is 0 Å². The monoisotopic (exact) mass is 421 g/mol. The van der Waals surface area contributed by atoms with Crippen molar-refractivity contribution in [2.75, 3.05) is 13.1 Å². The molecule has 0 spiro atoms. The van der Waals surface area contributed by atoms with Crippen molar-refractivity contribution in [1.29, 1.82) is 0 Å². The standard InChI is InChI=1S/C22H26F3N3O2/c1-14-11-28(12-15(2)30-14)13-18-7-5-4-6-17(18)10-26-21(29)19-8-9-20(22(23,24)25)27-16(19)3/h4-9,14-15H,10-13H2,1-3H3,(H,26,29). The van der Waals surface area contributed by atoms with E-state index in [1.54, 1.807) is 0 Å². The van der Waals surface area contributed by atoms with Crippen LogP contribution in [-0.2, 0) is 24.0 Å². The number of halogens is 3. The molecular weight excluding hydrogens is 395 g/mol. The number of morpholine rings is 1. The Labute approximate surface area is 174 Å². The Morgan fingerprint density at radius 1 is 1.13 bits per heavy atom. The molecule has 5 nitrogen and oxygen atoms in total. The van der Waals surface area contributed by atoms with E-state index in [9.17, 15) is 18.0 Å². The molecule has 1 aromatic heterocycles. The van der Waals surface area contributed by atoms with Crippen LogP contribution in [0.4, 0.5) is 13.2 Å². The van der Waals surface area contributed by atoms with Gasteiger partial charge in [-0.1, -0.05) is 24.3 Å². The summed E-state index contributed by atoms with van der Waals surface area (Å²) < 4.78 is 44.1. The lowest BCUT2D eigenvalue weighted by molar-refractivity contribution is -0.141. The molecule has 3 rings (SSSR count). The van der Waals surface area contributed by atoms with Gasteiger partial charge in [-0.2, -0.15) is 13.2 Å². The van der Waals surface area contributed by atoms with Gasteiger partial charge in [0.1, 0.15) is 5.69 Å². The molecule has 2 heterocycles. The first kappa shape index (κ1) is 22.2. The zero-order valence-corrected chi connectivity index (χ0v) is 17.3. The van der Waals surface area contributed by atoms with E-state index in [-0.39, 0.29) is 30.0 Å². The Balaban J connectivity index is 1.67. The summed E-state index contributed by atoms with van der Waals surface area (Å²) in [7, 11) is 0. The second-order valence-electron chi connectivity index (χ2n) is 7.73. The molecule has 8 heteroatoms. The molecule has 1 amide bonds. The Bertz CT molecular complexity index is 891. The molecule has 2 unspecified atom stereocenters. The maximum absolute atomic E-state index is 12.8. The highest BCUT2D eigenvalue weighted by molar-refractivity contribution is 5.95. The third-order valence-electron chi connectivity index (χ3n) is 5.07. The van der Waals surface area contributed by atoms with Crippen molar-refractivity contribution in [3.63, 3.8) is 0 Å². The minimum Gasteiger partial charge on any atom is -0.373 e. The fourth-order valence-corrected chi connectivity index (χ4v) is 3.77. The largest absolute Gasteiger partial charge is 0.433 e. The molecule has 0 radical (unpaired) electrons. The highest BCUT2D eigenvalue weighted by Crippen LogP contribution is 2.28. The van der Waals surface area contributed by atoms with Gasteiger partial charge in [-0.3, -0.25) is 9.69 Å². The summed E-state index contributed by atoms with van der Waals surface area (Å²) in [5.41, 5.74) is 1.25. The maximum Gasteiger partial charge on any atom is 0.433 e. The fraction of sp³-hybridized carbons (Fsp3) is 0.455. The molecule has 2 atom stereocenters. The summed E-state index contributed by atoms with van der Waals surface area (Å²) >= 11 is 0. The topological polar surface area (TPSA) is 54.5 Å².